The minimum atomic E-state index is 0.971. The monoisotopic (exact) mass is 208 g/mol. The Labute approximate surface area is 93.9 Å². The first kappa shape index (κ1) is 12.5. The molecule has 2 aliphatic rings. The van der Waals surface area contributed by atoms with E-state index in [2.05, 4.69) is 6.92 Å². The van der Waals surface area contributed by atoms with Crippen LogP contribution in [0.2, 0.25) is 0 Å². The van der Waals surface area contributed by atoms with Crippen LogP contribution in [0.1, 0.15) is 64.7 Å². The largest absolute Gasteiger partial charge is 0.298 e. The smallest absolute Gasteiger partial charge is 0.145 e. The van der Waals surface area contributed by atoms with Crippen LogP contribution in [0.4, 0.5) is 0 Å². The highest BCUT2D eigenvalue weighted by atomic mass is 16.1. The van der Waals surface area contributed by atoms with Gasteiger partial charge >= 0.3 is 0 Å². The number of hydrogen-bond donors (Lipinski definition) is 0. The van der Waals surface area contributed by atoms with Gasteiger partial charge in [-0.3, -0.25) is 4.79 Å². The molecular formula is C14H24O. The van der Waals surface area contributed by atoms with E-state index in [9.17, 15) is 4.79 Å². The maximum absolute atomic E-state index is 10.1. The molecule has 0 bridgehead atoms. The number of aldehydes is 1. The Kier molecular flexibility index (Phi) is 6.38. The van der Waals surface area contributed by atoms with E-state index < -0.39 is 0 Å². The van der Waals surface area contributed by atoms with E-state index in [4.69, 9.17) is 0 Å². The average Bonchev–Trinajstić information content (AvgIpc) is 2.32. The quantitative estimate of drug-likeness (QED) is 0.588. The molecule has 0 N–H and O–H groups in total. The SMILES string of the molecule is CC1CCCCC1.O=CC1=CCCCC1. The fraction of sp³-hybridized carbons (Fsp3) is 0.786. The highest BCUT2D eigenvalue weighted by molar-refractivity contribution is 5.73. The molecule has 0 aliphatic heterocycles. The van der Waals surface area contributed by atoms with Gasteiger partial charge in [0.25, 0.3) is 0 Å². The van der Waals surface area contributed by atoms with Gasteiger partial charge in [-0.25, -0.2) is 0 Å². The third-order valence-electron chi connectivity index (χ3n) is 3.37. The van der Waals surface area contributed by atoms with Crippen molar-refractivity contribution in [1.29, 1.82) is 0 Å². The Bertz CT molecular complexity index is 199. The first-order chi connectivity index (χ1) is 7.33. The minimum Gasteiger partial charge on any atom is -0.298 e. The third kappa shape index (κ3) is 5.76. The lowest BCUT2D eigenvalue weighted by Gasteiger charge is -2.15. The molecule has 0 spiro atoms. The van der Waals surface area contributed by atoms with Crippen molar-refractivity contribution >= 4 is 6.29 Å². The van der Waals surface area contributed by atoms with Crippen LogP contribution in [0.5, 0.6) is 0 Å². The summed E-state index contributed by atoms with van der Waals surface area (Å²) in [6, 6.07) is 0. The van der Waals surface area contributed by atoms with Gasteiger partial charge in [-0.1, -0.05) is 45.1 Å². The van der Waals surface area contributed by atoms with Crippen LogP contribution in [-0.4, -0.2) is 6.29 Å². The molecule has 0 aromatic heterocycles. The maximum atomic E-state index is 10.1. The van der Waals surface area contributed by atoms with Crippen molar-refractivity contribution in [2.24, 2.45) is 5.92 Å². The van der Waals surface area contributed by atoms with Crippen molar-refractivity contribution in [1.82, 2.24) is 0 Å². The van der Waals surface area contributed by atoms with Crippen LogP contribution in [0.15, 0.2) is 11.6 Å². The summed E-state index contributed by atoms with van der Waals surface area (Å²) >= 11 is 0. The molecule has 1 nitrogen and oxygen atoms in total. The summed E-state index contributed by atoms with van der Waals surface area (Å²) in [5, 5.41) is 0. The topological polar surface area (TPSA) is 17.1 Å². The number of carbonyl (C=O) groups is 1. The van der Waals surface area contributed by atoms with Gasteiger partial charge in [0.05, 0.1) is 0 Å². The molecule has 0 amide bonds. The lowest BCUT2D eigenvalue weighted by molar-refractivity contribution is -0.105. The standard InChI is InChI=1S/C7H10O.C7H14/c8-6-7-4-2-1-3-5-7;1-7-5-3-2-4-6-7/h4,6H,1-3,5H2;7H,2-6H2,1H3. The van der Waals surface area contributed by atoms with Crippen LogP contribution in [0.3, 0.4) is 0 Å². The van der Waals surface area contributed by atoms with E-state index in [0.29, 0.717) is 0 Å². The van der Waals surface area contributed by atoms with E-state index in [-0.39, 0.29) is 0 Å². The Hall–Kier alpha value is -0.590. The third-order valence-corrected chi connectivity index (χ3v) is 3.37. The zero-order chi connectivity index (χ0) is 10.9. The molecule has 0 unspecified atom stereocenters. The van der Waals surface area contributed by atoms with Gasteiger partial charge in [0.15, 0.2) is 0 Å². The molecule has 1 heteroatoms. The summed E-state index contributed by atoms with van der Waals surface area (Å²) in [6.07, 6.45) is 15.0. The molecule has 0 atom stereocenters. The molecule has 1 fully saturated rings. The lowest BCUT2D eigenvalue weighted by atomic mass is 9.91. The summed E-state index contributed by atoms with van der Waals surface area (Å²) in [4.78, 5) is 10.1. The summed E-state index contributed by atoms with van der Waals surface area (Å²) < 4.78 is 0. The predicted octanol–water partition coefficient (Wildman–Crippen LogP) is 4.27. The highest BCUT2D eigenvalue weighted by Gasteiger charge is 2.05. The fourth-order valence-electron chi connectivity index (χ4n) is 2.28. The second kappa shape index (κ2) is 7.67. The Morgan fingerprint density at radius 1 is 1.13 bits per heavy atom. The zero-order valence-corrected chi connectivity index (χ0v) is 10.0. The molecular weight excluding hydrogens is 184 g/mol. The summed E-state index contributed by atoms with van der Waals surface area (Å²) in [7, 11) is 0. The summed E-state index contributed by atoms with van der Waals surface area (Å²) in [5.41, 5.74) is 0.997. The van der Waals surface area contributed by atoms with Gasteiger partial charge in [0.2, 0.25) is 0 Å². The molecule has 2 rings (SSSR count). The second-order valence-corrected chi connectivity index (χ2v) is 4.89. The number of rotatable bonds is 1. The van der Waals surface area contributed by atoms with Gasteiger partial charge in [-0.15, -0.1) is 0 Å². The van der Waals surface area contributed by atoms with Crippen molar-refractivity contribution in [2.75, 3.05) is 0 Å². The number of hydrogen-bond acceptors (Lipinski definition) is 1. The Morgan fingerprint density at radius 3 is 2.20 bits per heavy atom. The van der Waals surface area contributed by atoms with Crippen LogP contribution in [-0.2, 0) is 4.79 Å². The average molecular weight is 208 g/mol. The van der Waals surface area contributed by atoms with Crippen LogP contribution >= 0.6 is 0 Å². The zero-order valence-electron chi connectivity index (χ0n) is 10.0. The Balaban J connectivity index is 0.000000151. The number of allylic oxidation sites excluding steroid dienone is 2. The van der Waals surface area contributed by atoms with E-state index in [1.807, 2.05) is 6.08 Å². The van der Waals surface area contributed by atoms with Gasteiger partial charge in [-0.05, 0) is 37.2 Å². The minimum absolute atomic E-state index is 0.971. The predicted molar refractivity (Wildman–Crippen MR) is 64.9 cm³/mol. The fourth-order valence-corrected chi connectivity index (χ4v) is 2.28. The summed E-state index contributed by atoms with van der Waals surface area (Å²) in [5.74, 6) is 1.04. The maximum Gasteiger partial charge on any atom is 0.145 e. The van der Waals surface area contributed by atoms with Gasteiger partial charge in [0, 0.05) is 0 Å². The lowest BCUT2D eigenvalue weighted by Crippen LogP contribution is -1.99. The van der Waals surface area contributed by atoms with E-state index in [1.54, 1.807) is 0 Å². The molecule has 86 valence electrons. The van der Waals surface area contributed by atoms with E-state index >= 15 is 0 Å². The first-order valence-electron chi connectivity index (χ1n) is 6.47. The summed E-state index contributed by atoms with van der Waals surface area (Å²) in [6.45, 7) is 2.36. The van der Waals surface area contributed by atoms with Crippen molar-refractivity contribution < 1.29 is 4.79 Å². The Morgan fingerprint density at radius 2 is 1.87 bits per heavy atom. The van der Waals surface area contributed by atoms with E-state index in [0.717, 1.165) is 30.6 Å². The van der Waals surface area contributed by atoms with E-state index in [1.165, 1.54) is 44.9 Å². The molecule has 0 aromatic carbocycles. The second-order valence-electron chi connectivity index (χ2n) is 4.89. The van der Waals surface area contributed by atoms with Crippen LogP contribution in [0.25, 0.3) is 0 Å². The van der Waals surface area contributed by atoms with Crippen molar-refractivity contribution in [3.8, 4) is 0 Å². The normalized spacial score (nSPS) is 22.3. The molecule has 1 saturated carbocycles. The highest BCUT2D eigenvalue weighted by Crippen LogP contribution is 2.22. The van der Waals surface area contributed by atoms with Crippen molar-refractivity contribution in [3.63, 3.8) is 0 Å². The van der Waals surface area contributed by atoms with Crippen molar-refractivity contribution in [2.45, 2.75) is 64.7 Å². The van der Waals surface area contributed by atoms with Gasteiger partial charge < -0.3 is 0 Å². The van der Waals surface area contributed by atoms with Crippen molar-refractivity contribution in [3.05, 3.63) is 11.6 Å². The van der Waals surface area contributed by atoms with Crippen LogP contribution in [0, 0.1) is 5.92 Å². The van der Waals surface area contributed by atoms with Crippen LogP contribution < -0.4 is 0 Å². The van der Waals surface area contributed by atoms with Gasteiger partial charge in [-0.2, -0.15) is 0 Å². The molecule has 15 heavy (non-hydrogen) atoms. The molecule has 0 radical (unpaired) electrons. The van der Waals surface area contributed by atoms with Gasteiger partial charge in [0.1, 0.15) is 6.29 Å². The molecule has 0 saturated heterocycles. The molecule has 2 aliphatic carbocycles. The molecule has 0 aromatic rings. The molecule has 0 heterocycles. The first-order valence-corrected chi connectivity index (χ1v) is 6.47. The number of carbonyl (C=O) groups excluding carboxylic acids is 1.